The summed E-state index contributed by atoms with van der Waals surface area (Å²) in [4.78, 5) is 25.2. The number of hydrogen-bond donors (Lipinski definition) is 0. The van der Waals surface area contributed by atoms with Crippen LogP contribution in [-0.2, 0) is 0 Å². The summed E-state index contributed by atoms with van der Waals surface area (Å²) in [6.45, 7) is 1.96. The monoisotopic (exact) mass is 462 g/mol. The predicted molar refractivity (Wildman–Crippen MR) is 129 cm³/mol. The number of rotatable bonds is 9. The molecule has 0 N–H and O–H groups in total. The highest BCUT2D eigenvalue weighted by molar-refractivity contribution is 6.06. The first-order valence-corrected chi connectivity index (χ1v) is 10.4. The minimum atomic E-state index is -0.629. The molecular weight excluding hydrogens is 436 g/mol. The minimum Gasteiger partial charge on any atom is -0.493 e. The molecule has 3 rings (SSSR count). The largest absolute Gasteiger partial charge is 0.493 e. The van der Waals surface area contributed by atoms with Crippen molar-refractivity contribution in [3.8, 4) is 28.7 Å². The number of ketones is 1. The van der Waals surface area contributed by atoms with E-state index in [0.29, 0.717) is 34.1 Å². The van der Waals surface area contributed by atoms with E-state index < -0.39 is 5.97 Å². The molecule has 0 aliphatic heterocycles. The molecule has 176 valence electrons. The fraction of sp³-hybridized carbons (Fsp3) is 0.185. The topological polar surface area (TPSA) is 80.3 Å². The highest BCUT2D eigenvalue weighted by atomic mass is 16.6. The van der Waals surface area contributed by atoms with Crippen LogP contribution < -0.4 is 23.7 Å². The van der Waals surface area contributed by atoms with E-state index in [1.54, 1.807) is 36.4 Å². The summed E-state index contributed by atoms with van der Waals surface area (Å²) in [7, 11) is 5.88. The van der Waals surface area contributed by atoms with E-state index in [-0.39, 0.29) is 17.1 Å². The minimum absolute atomic E-state index is 0.114. The molecule has 0 saturated heterocycles. The van der Waals surface area contributed by atoms with Crippen LogP contribution in [0.2, 0.25) is 0 Å². The number of methoxy groups -OCH3 is 4. The van der Waals surface area contributed by atoms with Crippen LogP contribution >= 0.6 is 0 Å². The number of esters is 1. The molecule has 0 aliphatic rings. The van der Waals surface area contributed by atoms with Gasteiger partial charge in [-0.25, -0.2) is 4.79 Å². The zero-order valence-electron chi connectivity index (χ0n) is 19.7. The van der Waals surface area contributed by atoms with Gasteiger partial charge >= 0.3 is 5.97 Å². The highest BCUT2D eigenvalue weighted by Crippen LogP contribution is 2.39. The average molecular weight is 462 g/mol. The number of aryl methyl sites for hydroxylation is 1. The van der Waals surface area contributed by atoms with Gasteiger partial charge in [0, 0.05) is 5.56 Å². The number of ether oxygens (including phenoxy) is 5. The molecule has 0 unspecified atom stereocenters. The van der Waals surface area contributed by atoms with Crippen molar-refractivity contribution in [2.75, 3.05) is 28.4 Å². The summed E-state index contributed by atoms with van der Waals surface area (Å²) in [5.74, 6) is 0.857. The lowest BCUT2D eigenvalue weighted by molar-refractivity contribution is 0.0728. The van der Waals surface area contributed by atoms with Gasteiger partial charge in [0.1, 0.15) is 0 Å². The van der Waals surface area contributed by atoms with E-state index in [1.807, 2.05) is 19.1 Å². The third-order valence-electron chi connectivity index (χ3n) is 5.05. The van der Waals surface area contributed by atoms with Crippen LogP contribution in [0.25, 0.3) is 6.08 Å². The average Bonchev–Trinajstić information content (AvgIpc) is 2.87. The van der Waals surface area contributed by atoms with Gasteiger partial charge in [0.05, 0.1) is 34.0 Å². The summed E-state index contributed by atoms with van der Waals surface area (Å²) in [5.41, 5.74) is 2.61. The molecule has 7 nitrogen and oxygen atoms in total. The molecule has 34 heavy (non-hydrogen) atoms. The zero-order valence-corrected chi connectivity index (χ0v) is 19.7. The van der Waals surface area contributed by atoms with Crippen LogP contribution in [-0.4, -0.2) is 40.2 Å². The lowest BCUT2D eigenvalue weighted by atomic mass is 10.1. The third-order valence-corrected chi connectivity index (χ3v) is 5.05. The predicted octanol–water partition coefficient (Wildman–Crippen LogP) is 5.14. The maximum atomic E-state index is 12.8. The van der Waals surface area contributed by atoms with E-state index in [2.05, 4.69) is 0 Å². The second kappa shape index (κ2) is 11.0. The van der Waals surface area contributed by atoms with Crippen molar-refractivity contribution >= 4 is 17.8 Å². The molecule has 0 spiro atoms. The molecule has 0 fully saturated rings. The summed E-state index contributed by atoms with van der Waals surface area (Å²) in [6.07, 6.45) is 3.16. The molecule has 3 aromatic carbocycles. The number of hydrogen-bond acceptors (Lipinski definition) is 7. The van der Waals surface area contributed by atoms with E-state index in [0.717, 1.165) is 5.56 Å². The van der Waals surface area contributed by atoms with Crippen molar-refractivity contribution in [2.24, 2.45) is 0 Å². The summed E-state index contributed by atoms with van der Waals surface area (Å²) in [6, 6.07) is 15.4. The molecule has 0 atom stereocenters. The smallest absolute Gasteiger partial charge is 0.343 e. The molecule has 0 aliphatic carbocycles. The molecule has 0 heterocycles. The Labute approximate surface area is 198 Å². The van der Waals surface area contributed by atoms with Crippen LogP contribution in [0, 0.1) is 6.92 Å². The second-order valence-corrected chi connectivity index (χ2v) is 7.28. The normalized spacial score (nSPS) is 10.6. The zero-order chi connectivity index (χ0) is 24.7. The Morgan fingerprint density at radius 1 is 0.676 bits per heavy atom. The Balaban J connectivity index is 1.80. The molecule has 0 bridgehead atoms. The Morgan fingerprint density at radius 3 is 1.85 bits per heavy atom. The van der Waals surface area contributed by atoms with Gasteiger partial charge < -0.3 is 23.7 Å². The molecule has 0 saturated carbocycles. The summed E-state index contributed by atoms with van der Waals surface area (Å²) >= 11 is 0. The van der Waals surface area contributed by atoms with Gasteiger partial charge in [-0.1, -0.05) is 42.0 Å². The molecule has 0 amide bonds. The summed E-state index contributed by atoms with van der Waals surface area (Å²) in [5, 5.41) is 0. The highest BCUT2D eigenvalue weighted by Gasteiger charge is 2.19. The van der Waals surface area contributed by atoms with Gasteiger partial charge in [0.2, 0.25) is 5.75 Å². The fourth-order valence-corrected chi connectivity index (χ4v) is 3.22. The SMILES string of the molecule is COc1cc(C=CC(=O)c2ccc(C)cc2)ccc1OC(=O)c1cc(OC)c(OC)c(OC)c1. The van der Waals surface area contributed by atoms with Crippen molar-refractivity contribution in [3.63, 3.8) is 0 Å². The Hall–Kier alpha value is -4.26. The van der Waals surface area contributed by atoms with Gasteiger partial charge in [0.25, 0.3) is 0 Å². The third kappa shape index (κ3) is 5.56. The second-order valence-electron chi connectivity index (χ2n) is 7.28. The van der Waals surface area contributed by atoms with Gasteiger partial charge in [-0.2, -0.15) is 0 Å². The molecule has 3 aromatic rings. The van der Waals surface area contributed by atoms with Gasteiger partial charge in [0.15, 0.2) is 28.8 Å². The number of carbonyl (C=O) groups is 2. The van der Waals surface area contributed by atoms with E-state index in [1.165, 1.54) is 46.6 Å². The Bertz CT molecular complexity index is 1190. The van der Waals surface area contributed by atoms with E-state index in [4.69, 9.17) is 23.7 Å². The maximum absolute atomic E-state index is 12.8. The van der Waals surface area contributed by atoms with Crippen LogP contribution in [0.15, 0.2) is 60.7 Å². The standard InChI is InChI=1S/C27H26O7/c1-17-6-10-19(11-7-17)21(28)12-8-18-9-13-22(23(14-18)30-2)34-27(29)20-15-24(31-3)26(33-5)25(16-20)32-4/h6-16H,1-5H3. The maximum Gasteiger partial charge on any atom is 0.343 e. The van der Waals surface area contributed by atoms with Crippen molar-refractivity contribution < 1.29 is 33.3 Å². The van der Waals surface area contributed by atoms with Gasteiger partial charge in [-0.05, 0) is 42.8 Å². The van der Waals surface area contributed by atoms with Crippen LogP contribution in [0.1, 0.15) is 31.8 Å². The molecular formula is C27H26O7. The lowest BCUT2D eigenvalue weighted by Gasteiger charge is -2.14. The van der Waals surface area contributed by atoms with Crippen LogP contribution in [0.5, 0.6) is 28.7 Å². The molecule has 0 aromatic heterocycles. The Kier molecular flexibility index (Phi) is 7.92. The first-order valence-electron chi connectivity index (χ1n) is 10.4. The van der Waals surface area contributed by atoms with Gasteiger partial charge in [-0.15, -0.1) is 0 Å². The number of allylic oxidation sites excluding steroid dienone is 1. The quantitative estimate of drug-likeness (QED) is 0.188. The van der Waals surface area contributed by atoms with Crippen LogP contribution in [0.3, 0.4) is 0 Å². The summed E-state index contributed by atoms with van der Waals surface area (Å²) < 4.78 is 26.8. The van der Waals surface area contributed by atoms with E-state index in [9.17, 15) is 9.59 Å². The first kappa shape index (κ1) is 24.4. The number of carbonyl (C=O) groups excluding carboxylic acids is 2. The van der Waals surface area contributed by atoms with Gasteiger partial charge in [-0.3, -0.25) is 4.79 Å². The van der Waals surface area contributed by atoms with Crippen LogP contribution in [0.4, 0.5) is 0 Å². The van der Waals surface area contributed by atoms with Crippen molar-refractivity contribution in [1.82, 2.24) is 0 Å². The van der Waals surface area contributed by atoms with Crippen molar-refractivity contribution in [3.05, 3.63) is 82.9 Å². The first-order chi connectivity index (χ1) is 16.4. The number of benzene rings is 3. The fourth-order valence-electron chi connectivity index (χ4n) is 3.22. The molecule has 0 radical (unpaired) electrons. The molecule has 7 heteroatoms. The van der Waals surface area contributed by atoms with E-state index >= 15 is 0 Å². The van der Waals surface area contributed by atoms with Crippen molar-refractivity contribution in [2.45, 2.75) is 6.92 Å². The lowest BCUT2D eigenvalue weighted by Crippen LogP contribution is -2.10. The Morgan fingerprint density at radius 2 is 1.29 bits per heavy atom. The van der Waals surface area contributed by atoms with Crippen molar-refractivity contribution in [1.29, 1.82) is 0 Å².